The van der Waals surface area contributed by atoms with Crippen molar-refractivity contribution in [1.29, 1.82) is 0 Å². The number of nitrogens with one attached hydrogen (secondary N) is 1. The molecular weight excluding hydrogens is 172 g/mol. The van der Waals surface area contributed by atoms with Crippen molar-refractivity contribution in [3.05, 3.63) is 29.2 Å². The van der Waals surface area contributed by atoms with E-state index in [2.05, 4.69) is 16.9 Å². The highest BCUT2D eigenvalue weighted by atomic mass is 32.1. The minimum absolute atomic E-state index is 0.113. The van der Waals surface area contributed by atoms with Crippen LogP contribution in [0.1, 0.15) is 16.9 Å². The van der Waals surface area contributed by atoms with E-state index in [4.69, 9.17) is 0 Å². The van der Waals surface area contributed by atoms with Gasteiger partial charge in [-0.15, -0.1) is 17.9 Å². The van der Waals surface area contributed by atoms with Crippen molar-refractivity contribution in [3.8, 4) is 0 Å². The molecule has 0 bridgehead atoms. The standard InChI is InChI=1S/C8H10N2OS/c1-2-3-4-9-8(11)7-5-12-6-10-7/h2,5-6H,1,3-4H2,(H,9,11). The number of thiazole rings is 1. The van der Waals surface area contributed by atoms with Gasteiger partial charge in [0, 0.05) is 11.9 Å². The molecule has 0 unspecified atom stereocenters. The van der Waals surface area contributed by atoms with Gasteiger partial charge in [0.05, 0.1) is 5.51 Å². The molecule has 0 saturated carbocycles. The van der Waals surface area contributed by atoms with Gasteiger partial charge in [-0.3, -0.25) is 4.79 Å². The number of rotatable bonds is 4. The van der Waals surface area contributed by atoms with Gasteiger partial charge in [-0.05, 0) is 6.42 Å². The fourth-order valence-electron chi connectivity index (χ4n) is 0.703. The van der Waals surface area contributed by atoms with Crippen molar-refractivity contribution in [3.63, 3.8) is 0 Å². The lowest BCUT2D eigenvalue weighted by atomic mass is 10.4. The maximum Gasteiger partial charge on any atom is 0.270 e. The molecule has 0 aromatic carbocycles. The molecule has 0 fully saturated rings. The number of hydrogen-bond acceptors (Lipinski definition) is 3. The van der Waals surface area contributed by atoms with E-state index < -0.39 is 0 Å². The second-order valence-corrected chi connectivity index (χ2v) is 2.93. The number of amides is 1. The van der Waals surface area contributed by atoms with Crippen LogP contribution in [0.25, 0.3) is 0 Å². The summed E-state index contributed by atoms with van der Waals surface area (Å²) in [6, 6.07) is 0. The zero-order valence-electron chi connectivity index (χ0n) is 6.62. The molecule has 1 amide bonds. The second-order valence-electron chi connectivity index (χ2n) is 2.21. The monoisotopic (exact) mass is 182 g/mol. The summed E-state index contributed by atoms with van der Waals surface area (Å²) in [7, 11) is 0. The van der Waals surface area contributed by atoms with Crippen LogP contribution in [0, 0.1) is 0 Å². The molecule has 0 radical (unpaired) electrons. The normalized spacial score (nSPS) is 9.33. The van der Waals surface area contributed by atoms with Crippen molar-refractivity contribution in [1.82, 2.24) is 10.3 Å². The van der Waals surface area contributed by atoms with Crippen LogP contribution in [0.5, 0.6) is 0 Å². The summed E-state index contributed by atoms with van der Waals surface area (Å²) in [5.74, 6) is -0.113. The van der Waals surface area contributed by atoms with Crippen molar-refractivity contribution < 1.29 is 4.79 Å². The molecule has 0 atom stereocenters. The van der Waals surface area contributed by atoms with E-state index in [9.17, 15) is 4.79 Å². The summed E-state index contributed by atoms with van der Waals surface area (Å²) >= 11 is 1.42. The Morgan fingerprint density at radius 2 is 2.67 bits per heavy atom. The van der Waals surface area contributed by atoms with Crippen LogP contribution in [0.3, 0.4) is 0 Å². The first kappa shape index (κ1) is 8.93. The number of carbonyl (C=O) groups excluding carboxylic acids is 1. The van der Waals surface area contributed by atoms with Gasteiger partial charge >= 0.3 is 0 Å². The van der Waals surface area contributed by atoms with Crippen molar-refractivity contribution in [2.24, 2.45) is 0 Å². The first-order chi connectivity index (χ1) is 5.84. The second kappa shape index (κ2) is 4.66. The van der Waals surface area contributed by atoms with E-state index in [-0.39, 0.29) is 5.91 Å². The lowest BCUT2D eigenvalue weighted by Gasteiger charge is -1.98. The summed E-state index contributed by atoms with van der Waals surface area (Å²) in [6.45, 7) is 4.18. The van der Waals surface area contributed by atoms with E-state index in [1.165, 1.54) is 11.3 Å². The van der Waals surface area contributed by atoms with E-state index in [0.717, 1.165) is 6.42 Å². The molecule has 1 rings (SSSR count). The summed E-state index contributed by atoms with van der Waals surface area (Å²) in [6.07, 6.45) is 2.55. The van der Waals surface area contributed by atoms with Crippen LogP contribution in [0.15, 0.2) is 23.5 Å². The van der Waals surface area contributed by atoms with Gasteiger partial charge in [0.25, 0.3) is 5.91 Å². The number of carbonyl (C=O) groups is 1. The highest BCUT2D eigenvalue weighted by molar-refractivity contribution is 7.07. The fraction of sp³-hybridized carbons (Fsp3) is 0.250. The first-order valence-corrected chi connectivity index (χ1v) is 4.56. The predicted octanol–water partition coefficient (Wildman–Crippen LogP) is 1.45. The molecule has 3 nitrogen and oxygen atoms in total. The molecule has 1 aromatic rings. The van der Waals surface area contributed by atoms with Gasteiger partial charge in [-0.1, -0.05) is 6.08 Å². The topological polar surface area (TPSA) is 42.0 Å². The molecule has 0 aliphatic rings. The Bertz CT molecular complexity index is 256. The smallest absolute Gasteiger partial charge is 0.270 e. The summed E-state index contributed by atoms with van der Waals surface area (Å²) in [5.41, 5.74) is 2.13. The van der Waals surface area contributed by atoms with Crippen LogP contribution < -0.4 is 5.32 Å². The summed E-state index contributed by atoms with van der Waals surface area (Å²) in [5, 5.41) is 4.45. The zero-order valence-corrected chi connectivity index (χ0v) is 7.43. The molecule has 1 heterocycles. The highest BCUT2D eigenvalue weighted by Crippen LogP contribution is 1.99. The minimum atomic E-state index is -0.113. The van der Waals surface area contributed by atoms with Crippen LogP contribution in [-0.2, 0) is 0 Å². The maximum absolute atomic E-state index is 11.2. The predicted molar refractivity (Wildman–Crippen MR) is 49.3 cm³/mol. The Labute approximate surface area is 75.1 Å². The van der Waals surface area contributed by atoms with Gasteiger partial charge < -0.3 is 5.32 Å². The summed E-state index contributed by atoms with van der Waals surface area (Å²) < 4.78 is 0. The molecule has 12 heavy (non-hydrogen) atoms. The average molecular weight is 182 g/mol. The molecule has 0 aliphatic heterocycles. The molecule has 4 heteroatoms. The van der Waals surface area contributed by atoms with Crippen LogP contribution in [0.2, 0.25) is 0 Å². The molecular formula is C8H10N2OS. The Balaban J connectivity index is 2.34. The van der Waals surface area contributed by atoms with Gasteiger partial charge in [0.2, 0.25) is 0 Å². The number of nitrogens with zero attached hydrogens (tertiary/aromatic N) is 1. The first-order valence-electron chi connectivity index (χ1n) is 3.62. The molecule has 0 spiro atoms. The Morgan fingerprint density at radius 3 is 3.25 bits per heavy atom. The van der Waals surface area contributed by atoms with E-state index >= 15 is 0 Å². The molecule has 0 saturated heterocycles. The highest BCUT2D eigenvalue weighted by Gasteiger charge is 2.04. The van der Waals surface area contributed by atoms with Gasteiger partial charge in [0.1, 0.15) is 5.69 Å². The fourth-order valence-corrected chi connectivity index (χ4v) is 1.24. The molecule has 1 N–H and O–H groups in total. The molecule has 0 aliphatic carbocycles. The minimum Gasteiger partial charge on any atom is -0.350 e. The van der Waals surface area contributed by atoms with E-state index in [0.29, 0.717) is 12.2 Å². The van der Waals surface area contributed by atoms with Crippen molar-refractivity contribution >= 4 is 17.2 Å². The zero-order chi connectivity index (χ0) is 8.81. The molecule has 64 valence electrons. The Kier molecular flexibility index (Phi) is 3.47. The van der Waals surface area contributed by atoms with Crippen LogP contribution in [0.4, 0.5) is 0 Å². The maximum atomic E-state index is 11.2. The SMILES string of the molecule is C=CCCNC(=O)c1cscn1. The Hall–Kier alpha value is -1.16. The third-order valence-corrected chi connectivity index (χ3v) is 1.89. The third-order valence-electron chi connectivity index (χ3n) is 1.30. The van der Waals surface area contributed by atoms with E-state index in [1.54, 1.807) is 17.0 Å². The quantitative estimate of drug-likeness (QED) is 0.565. The number of aromatic nitrogens is 1. The lowest BCUT2D eigenvalue weighted by Crippen LogP contribution is -2.24. The third kappa shape index (κ3) is 2.47. The average Bonchev–Trinajstić information content (AvgIpc) is 2.56. The van der Waals surface area contributed by atoms with Crippen LogP contribution in [-0.4, -0.2) is 17.4 Å². The van der Waals surface area contributed by atoms with Gasteiger partial charge in [-0.25, -0.2) is 4.98 Å². The van der Waals surface area contributed by atoms with Crippen LogP contribution >= 0.6 is 11.3 Å². The Morgan fingerprint density at radius 1 is 1.83 bits per heavy atom. The summed E-state index contributed by atoms with van der Waals surface area (Å²) in [4.78, 5) is 15.1. The van der Waals surface area contributed by atoms with Crippen molar-refractivity contribution in [2.75, 3.05) is 6.54 Å². The lowest BCUT2D eigenvalue weighted by molar-refractivity contribution is 0.0950. The molecule has 1 aromatic heterocycles. The van der Waals surface area contributed by atoms with Gasteiger partial charge in [-0.2, -0.15) is 0 Å². The van der Waals surface area contributed by atoms with Crippen molar-refractivity contribution in [2.45, 2.75) is 6.42 Å². The largest absolute Gasteiger partial charge is 0.350 e. The number of hydrogen-bond donors (Lipinski definition) is 1. The van der Waals surface area contributed by atoms with Gasteiger partial charge in [0.15, 0.2) is 0 Å². The van der Waals surface area contributed by atoms with E-state index in [1.807, 2.05) is 0 Å².